The monoisotopic (exact) mass is 235 g/mol. The van der Waals surface area contributed by atoms with Gasteiger partial charge in [0.1, 0.15) is 0 Å². The Morgan fingerprint density at radius 3 is 1.93 bits per heavy atom. The van der Waals surface area contributed by atoms with Crippen LogP contribution in [0.25, 0.3) is 0 Å². The topological polar surface area (TPSA) is 46.2 Å². The lowest BCUT2D eigenvalue weighted by Gasteiger charge is -2.22. The molecule has 0 heterocycles. The Morgan fingerprint density at radius 1 is 1.07 bits per heavy atom. The smallest absolute Gasteiger partial charge is 0.152 e. The lowest BCUT2D eigenvalue weighted by molar-refractivity contribution is 0.434. The van der Waals surface area contributed by atoms with E-state index in [1.165, 1.54) is 0 Å². The summed E-state index contributed by atoms with van der Waals surface area (Å²) in [5, 5.41) is 3.23. The second-order valence-corrected chi connectivity index (χ2v) is 7.03. The molecule has 0 aromatic carbocycles. The Morgan fingerprint density at radius 2 is 1.60 bits per heavy atom. The zero-order valence-corrected chi connectivity index (χ0v) is 11.4. The van der Waals surface area contributed by atoms with Crippen LogP contribution in [0.2, 0.25) is 0 Å². The van der Waals surface area contributed by atoms with Crippen molar-refractivity contribution in [2.24, 2.45) is 11.8 Å². The molecule has 1 atom stereocenters. The molecule has 92 valence electrons. The first-order valence-corrected chi connectivity index (χ1v) is 7.54. The minimum absolute atomic E-state index is 0.0822. The van der Waals surface area contributed by atoms with Crippen LogP contribution in [0.5, 0.6) is 0 Å². The van der Waals surface area contributed by atoms with Gasteiger partial charge < -0.3 is 5.32 Å². The van der Waals surface area contributed by atoms with E-state index in [1.807, 2.05) is 20.8 Å². The Bertz CT molecular complexity index is 258. The third kappa shape index (κ3) is 6.90. The average molecular weight is 235 g/mol. The third-order valence-electron chi connectivity index (χ3n) is 2.29. The molecule has 1 unspecified atom stereocenters. The summed E-state index contributed by atoms with van der Waals surface area (Å²) in [4.78, 5) is 0. The molecular weight excluding hydrogens is 210 g/mol. The first-order chi connectivity index (χ1) is 6.78. The summed E-state index contributed by atoms with van der Waals surface area (Å²) in [7, 11) is -2.91. The van der Waals surface area contributed by atoms with Crippen molar-refractivity contribution in [1.29, 1.82) is 0 Å². The van der Waals surface area contributed by atoms with Crippen LogP contribution in [0, 0.1) is 11.8 Å². The Hall–Kier alpha value is -0.0900. The highest BCUT2D eigenvalue weighted by Crippen LogP contribution is 2.08. The zero-order valence-electron chi connectivity index (χ0n) is 10.6. The third-order valence-corrected chi connectivity index (χ3v) is 4.33. The molecule has 15 heavy (non-hydrogen) atoms. The minimum atomic E-state index is -2.91. The maximum atomic E-state index is 11.8. The molecule has 0 radical (unpaired) electrons. The molecule has 1 N–H and O–H groups in total. The Kier molecular flexibility index (Phi) is 6.44. The van der Waals surface area contributed by atoms with Crippen molar-refractivity contribution in [2.75, 3.05) is 18.1 Å². The van der Waals surface area contributed by atoms with Gasteiger partial charge in [-0.15, -0.1) is 0 Å². The van der Waals surface area contributed by atoms with Gasteiger partial charge in [0.2, 0.25) is 0 Å². The summed E-state index contributed by atoms with van der Waals surface area (Å²) < 4.78 is 23.6. The summed E-state index contributed by atoms with van der Waals surface area (Å²) in [5.41, 5.74) is 0. The normalized spacial score (nSPS) is 14.9. The summed E-state index contributed by atoms with van der Waals surface area (Å²) in [5.74, 6) is 1.12. The molecule has 0 fully saturated rings. The van der Waals surface area contributed by atoms with Gasteiger partial charge in [-0.25, -0.2) is 8.42 Å². The molecule has 0 rings (SSSR count). The van der Waals surface area contributed by atoms with Gasteiger partial charge in [-0.1, -0.05) is 34.6 Å². The molecule has 0 aliphatic rings. The van der Waals surface area contributed by atoms with Crippen molar-refractivity contribution >= 4 is 9.84 Å². The molecule has 3 nitrogen and oxygen atoms in total. The molecule has 0 amide bonds. The van der Waals surface area contributed by atoms with Crippen LogP contribution in [0.1, 0.15) is 34.6 Å². The quantitative estimate of drug-likeness (QED) is 0.730. The number of hydrogen-bond donors (Lipinski definition) is 1. The lowest BCUT2D eigenvalue weighted by atomic mass is 10.1. The molecule has 0 aromatic heterocycles. The lowest BCUT2D eigenvalue weighted by Crippen LogP contribution is -2.40. The molecule has 0 saturated heterocycles. The molecule has 0 bridgehead atoms. The predicted molar refractivity (Wildman–Crippen MR) is 65.8 cm³/mol. The van der Waals surface area contributed by atoms with E-state index in [4.69, 9.17) is 0 Å². The highest BCUT2D eigenvalue weighted by Gasteiger charge is 2.21. The first kappa shape index (κ1) is 14.9. The van der Waals surface area contributed by atoms with E-state index in [1.54, 1.807) is 0 Å². The zero-order chi connectivity index (χ0) is 12.1. The maximum absolute atomic E-state index is 11.8. The van der Waals surface area contributed by atoms with Gasteiger partial charge in [0.25, 0.3) is 0 Å². The highest BCUT2D eigenvalue weighted by molar-refractivity contribution is 7.91. The first-order valence-electron chi connectivity index (χ1n) is 5.72. The van der Waals surface area contributed by atoms with Gasteiger partial charge in [-0.2, -0.15) is 0 Å². The number of nitrogens with one attached hydrogen (secondary N) is 1. The van der Waals surface area contributed by atoms with Gasteiger partial charge >= 0.3 is 0 Å². The molecule has 0 aliphatic heterocycles. The summed E-state index contributed by atoms with van der Waals surface area (Å²) >= 11 is 0. The van der Waals surface area contributed by atoms with E-state index in [9.17, 15) is 8.42 Å². The predicted octanol–water partition coefficient (Wildman–Crippen LogP) is 1.69. The Balaban J connectivity index is 4.39. The van der Waals surface area contributed by atoms with Crippen molar-refractivity contribution in [3.05, 3.63) is 0 Å². The molecule has 0 saturated carbocycles. The van der Waals surface area contributed by atoms with Crippen molar-refractivity contribution in [1.82, 2.24) is 5.32 Å². The van der Waals surface area contributed by atoms with Crippen LogP contribution >= 0.6 is 0 Å². The van der Waals surface area contributed by atoms with Gasteiger partial charge in [0, 0.05) is 6.04 Å². The van der Waals surface area contributed by atoms with Crippen LogP contribution in [0.15, 0.2) is 0 Å². The molecule has 0 aliphatic carbocycles. The van der Waals surface area contributed by atoms with E-state index in [0.717, 1.165) is 6.54 Å². The maximum Gasteiger partial charge on any atom is 0.152 e. The molecule has 0 spiro atoms. The van der Waals surface area contributed by atoms with Crippen LogP contribution in [-0.2, 0) is 9.84 Å². The second kappa shape index (κ2) is 6.48. The van der Waals surface area contributed by atoms with Crippen molar-refractivity contribution in [2.45, 2.75) is 40.7 Å². The largest absolute Gasteiger partial charge is 0.313 e. The van der Waals surface area contributed by atoms with E-state index in [-0.39, 0.29) is 17.7 Å². The fourth-order valence-electron chi connectivity index (χ4n) is 1.60. The van der Waals surface area contributed by atoms with E-state index < -0.39 is 9.84 Å². The fraction of sp³-hybridized carbons (Fsp3) is 1.00. The van der Waals surface area contributed by atoms with Gasteiger partial charge in [0.05, 0.1) is 11.5 Å². The van der Waals surface area contributed by atoms with E-state index in [0.29, 0.717) is 11.7 Å². The average Bonchev–Trinajstić information content (AvgIpc) is 2.00. The Labute approximate surface area is 94.6 Å². The summed E-state index contributed by atoms with van der Waals surface area (Å²) in [6.45, 7) is 10.8. The number of rotatable bonds is 7. The van der Waals surface area contributed by atoms with Crippen molar-refractivity contribution in [3.8, 4) is 0 Å². The highest BCUT2D eigenvalue weighted by atomic mass is 32.2. The van der Waals surface area contributed by atoms with Gasteiger partial charge in [-0.3, -0.25) is 0 Å². The van der Waals surface area contributed by atoms with Crippen LogP contribution in [0.3, 0.4) is 0 Å². The second-order valence-electron chi connectivity index (χ2n) is 4.88. The molecule has 4 heteroatoms. The van der Waals surface area contributed by atoms with Gasteiger partial charge in [0.15, 0.2) is 9.84 Å². The minimum Gasteiger partial charge on any atom is -0.313 e. The SMILES string of the molecule is CCNC(CS(=O)(=O)CC(C)C)C(C)C. The fourth-order valence-corrected chi connectivity index (χ4v) is 3.80. The summed E-state index contributed by atoms with van der Waals surface area (Å²) in [6.07, 6.45) is 0. The molecule has 0 aromatic rings. The molecular formula is C11H25NO2S. The van der Waals surface area contributed by atoms with E-state index in [2.05, 4.69) is 19.2 Å². The van der Waals surface area contributed by atoms with Crippen LogP contribution < -0.4 is 5.32 Å². The number of sulfone groups is 1. The van der Waals surface area contributed by atoms with Crippen LogP contribution in [-0.4, -0.2) is 32.5 Å². The number of hydrogen-bond acceptors (Lipinski definition) is 3. The van der Waals surface area contributed by atoms with Crippen LogP contribution in [0.4, 0.5) is 0 Å². The van der Waals surface area contributed by atoms with Gasteiger partial charge in [-0.05, 0) is 18.4 Å². The summed E-state index contributed by atoms with van der Waals surface area (Å²) in [6, 6.07) is 0.0822. The van der Waals surface area contributed by atoms with Crippen molar-refractivity contribution in [3.63, 3.8) is 0 Å². The van der Waals surface area contributed by atoms with Crippen molar-refractivity contribution < 1.29 is 8.42 Å². The van der Waals surface area contributed by atoms with E-state index >= 15 is 0 Å². The standard InChI is InChI=1S/C11H25NO2S/c1-6-12-11(10(4)5)8-15(13,14)7-9(2)3/h9-12H,6-8H2,1-5H3.